The zero-order valence-electron chi connectivity index (χ0n) is 46.7. The smallest absolute Gasteiger partial charge is 0.333 e. The Morgan fingerprint density at radius 3 is 1.30 bits per heavy atom. The van der Waals surface area contributed by atoms with Crippen molar-refractivity contribution in [3.8, 4) is 0 Å². The van der Waals surface area contributed by atoms with E-state index in [2.05, 4.69) is 10.6 Å². The van der Waals surface area contributed by atoms with E-state index in [0.717, 1.165) is 13.8 Å². The number of hydroxylamine groups is 2. The first-order chi connectivity index (χ1) is 41.3. The third-order valence-electron chi connectivity index (χ3n) is 15.5. The lowest BCUT2D eigenvalue weighted by molar-refractivity contribution is -0.391. The van der Waals surface area contributed by atoms with Gasteiger partial charge in [0.2, 0.25) is 11.8 Å². The molecule has 19 N–H and O–H groups in total. The van der Waals surface area contributed by atoms with Crippen LogP contribution < -0.4 is 10.6 Å². The second-order valence-electron chi connectivity index (χ2n) is 21.6. The fourth-order valence-corrected chi connectivity index (χ4v) is 10.9. The number of ether oxygens (including phenoxy) is 12. The highest BCUT2D eigenvalue weighted by atomic mass is 16.8. The van der Waals surface area contributed by atoms with Gasteiger partial charge in [0.05, 0.1) is 52.7 Å². The summed E-state index contributed by atoms with van der Waals surface area (Å²) >= 11 is 0. The molecule has 0 radical (unpaired) electrons. The van der Waals surface area contributed by atoms with E-state index < -0.39 is 260 Å². The second kappa shape index (κ2) is 31.6. The molecule has 30 atom stereocenters. The minimum Gasteiger partial charge on any atom is -0.394 e. The molecule has 7 aliphatic heterocycles. The molecule has 7 rings (SSSR count). The van der Waals surface area contributed by atoms with Gasteiger partial charge >= 0.3 is 5.97 Å². The fourth-order valence-electron chi connectivity index (χ4n) is 10.9. The molecule has 7 heterocycles. The van der Waals surface area contributed by atoms with Gasteiger partial charge in [-0.05, 0) is 6.42 Å². The number of hydrogen-bond acceptors (Lipinski definition) is 35. The number of carbonyl (C=O) groups excluding carboxylic acids is 5. The first kappa shape index (κ1) is 70.8. The molecule has 0 aromatic rings. The quantitative estimate of drug-likeness (QED) is 0.0298. The Bertz CT molecular complexity index is 2230. The average molecular weight is 1270 g/mol. The van der Waals surface area contributed by atoms with Gasteiger partial charge in [-0.2, -0.15) is 0 Å². The van der Waals surface area contributed by atoms with Gasteiger partial charge in [-0.3, -0.25) is 19.2 Å². The molecule has 0 spiro atoms. The van der Waals surface area contributed by atoms with E-state index >= 15 is 0 Å². The second-order valence-corrected chi connectivity index (χ2v) is 21.6. The SMILES string of the molecule is CC(=O)NC1C(OC2C(CO)OC(OC3C(CO)OC(OC4C(O)C(CO)OC(COCCCC(=O)ON5C(=O)CCC5=O)C4O)C(NC(C)=O)C3OC3OC(CO)C(O)C(O)C3O)C(O)C2O)OC(CO)C(O)C1OC1OC(CO)C(O)C(O)C1O. The highest BCUT2D eigenvalue weighted by molar-refractivity contribution is 6.01. The largest absolute Gasteiger partial charge is 0.394 e. The van der Waals surface area contributed by atoms with E-state index in [4.69, 9.17) is 61.7 Å². The predicted molar refractivity (Wildman–Crippen MR) is 267 cm³/mol. The van der Waals surface area contributed by atoms with Crippen LogP contribution in [0.3, 0.4) is 0 Å². The van der Waals surface area contributed by atoms with Crippen LogP contribution in [0.15, 0.2) is 0 Å². The molecular weight excluding hydrogens is 1190 g/mol. The Hall–Kier alpha value is -3.61. The van der Waals surface area contributed by atoms with Crippen LogP contribution in [0.25, 0.3) is 0 Å². The summed E-state index contributed by atoms with van der Waals surface area (Å²) in [4.78, 5) is 66.7. The Labute approximate surface area is 493 Å². The predicted octanol–water partition coefficient (Wildman–Crippen LogP) is -13.4. The number of aliphatic hydroxyl groups is 17. The molecule has 38 heteroatoms. The van der Waals surface area contributed by atoms with Crippen molar-refractivity contribution in [2.75, 3.05) is 52.9 Å². The van der Waals surface area contributed by atoms with Crippen molar-refractivity contribution in [3.05, 3.63) is 0 Å². The highest BCUT2D eigenvalue weighted by Crippen LogP contribution is 2.38. The van der Waals surface area contributed by atoms with Gasteiger partial charge in [0.15, 0.2) is 31.5 Å². The summed E-state index contributed by atoms with van der Waals surface area (Å²) in [5, 5.41) is 190. The number of carbonyl (C=O) groups is 5. The minimum atomic E-state index is -2.34. The molecule has 7 saturated heterocycles. The Morgan fingerprint density at radius 1 is 0.425 bits per heavy atom. The fraction of sp³-hybridized carbons (Fsp3) is 0.898. The van der Waals surface area contributed by atoms with Crippen molar-refractivity contribution in [1.82, 2.24) is 15.7 Å². The van der Waals surface area contributed by atoms with Crippen molar-refractivity contribution < 1.29 is 172 Å². The standard InChI is InChI=1S/C49H79N3O35/c1-15(59)50-27-42(84-47-37(72)34(69)29(64)17(8-53)78-47)31(66)20(11-56)77-45(27)82-40-21(12-57)81-49(39(74)36(40)71)83-41-22(13-58)80-46(28(51-16(2)60)43(41)85-48-38(73)35(70)30(65)18(9-54)79-48)86-44-32(67)19(10-55)76-23(33(44)68)14-75-7-3-4-26(63)87-52-24(61)5-6-25(52)62/h17-23,27-49,53-58,64-74H,3-14H2,1-2H3,(H,50,59)(H,51,60). The summed E-state index contributed by atoms with van der Waals surface area (Å²) in [6, 6.07) is -3.62. The zero-order valence-corrected chi connectivity index (χ0v) is 46.7. The zero-order chi connectivity index (χ0) is 63.9. The lowest BCUT2D eigenvalue weighted by Crippen LogP contribution is -2.71. The van der Waals surface area contributed by atoms with Crippen molar-refractivity contribution in [3.63, 3.8) is 0 Å². The number of nitrogens with zero attached hydrogens (tertiary/aromatic N) is 1. The summed E-state index contributed by atoms with van der Waals surface area (Å²) in [6.45, 7) is -4.81. The van der Waals surface area contributed by atoms with Gasteiger partial charge in [-0.1, -0.05) is 0 Å². The molecule has 0 aliphatic carbocycles. The van der Waals surface area contributed by atoms with Gasteiger partial charge in [-0.15, -0.1) is 5.06 Å². The van der Waals surface area contributed by atoms with Gasteiger partial charge < -0.3 is 159 Å². The number of amides is 4. The van der Waals surface area contributed by atoms with Gasteiger partial charge in [-0.25, -0.2) is 4.79 Å². The lowest BCUT2D eigenvalue weighted by Gasteiger charge is -2.52. The summed E-state index contributed by atoms with van der Waals surface area (Å²) in [5.41, 5.74) is 0. The number of rotatable bonds is 25. The molecule has 0 bridgehead atoms. The minimum absolute atomic E-state index is 0.0419. The maximum absolute atomic E-state index is 13.2. The van der Waals surface area contributed by atoms with Crippen LogP contribution in [0.1, 0.15) is 39.5 Å². The van der Waals surface area contributed by atoms with E-state index in [1.807, 2.05) is 0 Å². The van der Waals surface area contributed by atoms with E-state index in [1.165, 1.54) is 0 Å². The van der Waals surface area contributed by atoms with Crippen LogP contribution in [0.2, 0.25) is 0 Å². The maximum Gasteiger partial charge on any atom is 0.333 e. The third-order valence-corrected chi connectivity index (χ3v) is 15.5. The lowest BCUT2D eigenvalue weighted by atomic mass is 9.92. The van der Waals surface area contributed by atoms with Crippen molar-refractivity contribution >= 4 is 29.6 Å². The van der Waals surface area contributed by atoms with E-state index in [9.17, 15) is 111 Å². The van der Waals surface area contributed by atoms with Crippen LogP contribution in [-0.4, -0.2) is 358 Å². The number of imide groups is 1. The topological polar surface area (TPSA) is 577 Å². The normalized spacial score (nSPS) is 44.6. The molecule has 500 valence electrons. The van der Waals surface area contributed by atoms with Crippen LogP contribution >= 0.6 is 0 Å². The molecule has 87 heavy (non-hydrogen) atoms. The van der Waals surface area contributed by atoms with Crippen LogP contribution in [0, 0.1) is 0 Å². The number of hydrogen-bond donors (Lipinski definition) is 19. The third kappa shape index (κ3) is 16.2. The summed E-state index contributed by atoms with van der Waals surface area (Å²) in [6.07, 6.45) is -54.7. The molecular formula is C49H79N3O35. The monoisotopic (exact) mass is 1270 g/mol. The first-order valence-electron chi connectivity index (χ1n) is 27.9. The van der Waals surface area contributed by atoms with Gasteiger partial charge in [0.25, 0.3) is 11.8 Å². The maximum atomic E-state index is 13.2. The molecule has 0 saturated carbocycles. The van der Waals surface area contributed by atoms with E-state index in [0.29, 0.717) is 5.06 Å². The number of nitrogens with one attached hydrogen (secondary N) is 2. The summed E-state index contributed by atoms with van der Waals surface area (Å²) in [5.74, 6) is -4.09. The average Bonchev–Trinajstić information content (AvgIpc) is 1.38. The molecule has 38 nitrogen and oxygen atoms in total. The highest BCUT2D eigenvalue weighted by Gasteiger charge is 2.59. The van der Waals surface area contributed by atoms with Crippen molar-refractivity contribution in [1.29, 1.82) is 0 Å². The molecule has 0 aromatic heterocycles. The van der Waals surface area contributed by atoms with Gasteiger partial charge in [0, 0.05) is 33.3 Å². The van der Waals surface area contributed by atoms with Gasteiger partial charge in [0.1, 0.15) is 152 Å². The van der Waals surface area contributed by atoms with Crippen molar-refractivity contribution in [2.45, 2.75) is 223 Å². The molecule has 7 fully saturated rings. The van der Waals surface area contributed by atoms with Crippen LogP contribution in [0.5, 0.6) is 0 Å². The molecule has 30 unspecified atom stereocenters. The Balaban J connectivity index is 1.13. The van der Waals surface area contributed by atoms with E-state index in [-0.39, 0.29) is 32.3 Å². The van der Waals surface area contributed by atoms with E-state index in [1.54, 1.807) is 0 Å². The molecule has 7 aliphatic rings. The molecule has 0 aromatic carbocycles. The summed E-state index contributed by atoms with van der Waals surface area (Å²) in [7, 11) is 0. The van der Waals surface area contributed by atoms with Crippen molar-refractivity contribution in [2.24, 2.45) is 0 Å². The van der Waals surface area contributed by atoms with Crippen LogP contribution in [0.4, 0.5) is 0 Å². The Kier molecular flexibility index (Phi) is 25.7. The first-order valence-corrected chi connectivity index (χ1v) is 27.9. The number of aliphatic hydroxyl groups excluding tert-OH is 17. The Morgan fingerprint density at radius 2 is 0.793 bits per heavy atom. The summed E-state index contributed by atoms with van der Waals surface area (Å²) < 4.78 is 70.6. The van der Waals surface area contributed by atoms with Crippen LogP contribution in [-0.2, 0) is 85.7 Å². The molecule has 4 amide bonds.